The van der Waals surface area contributed by atoms with E-state index in [-0.39, 0.29) is 11.6 Å². The molecule has 0 bridgehead atoms. The van der Waals surface area contributed by atoms with Crippen molar-refractivity contribution in [2.24, 2.45) is 0 Å². The van der Waals surface area contributed by atoms with Crippen molar-refractivity contribution in [3.05, 3.63) is 64.4 Å². The first kappa shape index (κ1) is 20.6. The lowest BCUT2D eigenvalue weighted by molar-refractivity contribution is 0.456. The van der Waals surface area contributed by atoms with Gasteiger partial charge in [-0.05, 0) is 61.9 Å². The summed E-state index contributed by atoms with van der Waals surface area (Å²) in [6, 6.07) is 9.28. The molecule has 0 radical (unpaired) electrons. The van der Waals surface area contributed by atoms with Crippen molar-refractivity contribution in [1.82, 2.24) is 9.97 Å². The third-order valence-corrected chi connectivity index (χ3v) is 5.62. The third-order valence-electron chi connectivity index (χ3n) is 4.82. The van der Waals surface area contributed by atoms with Crippen LogP contribution in [0.15, 0.2) is 42.7 Å². The van der Waals surface area contributed by atoms with Gasteiger partial charge in [-0.2, -0.15) is 0 Å². The molecule has 1 aromatic carbocycles. The molecule has 0 aliphatic heterocycles. The number of hydrogen-bond donors (Lipinski definition) is 1. The molecule has 2 heterocycles. The predicted molar refractivity (Wildman–Crippen MR) is 119 cm³/mol. The highest BCUT2D eigenvalue weighted by molar-refractivity contribution is 7.92. The Labute approximate surface area is 181 Å². The Morgan fingerprint density at radius 1 is 1.13 bits per heavy atom. The summed E-state index contributed by atoms with van der Waals surface area (Å²) in [5, 5.41) is 0.487. The van der Waals surface area contributed by atoms with E-state index in [1.54, 1.807) is 30.6 Å². The summed E-state index contributed by atoms with van der Waals surface area (Å²) >= 11 is 6.07. The van der Waals surface area contributed by atoms with Crippen LogP contribution in [0.4, 0.5) is 5.69 Å². The number of anilines is 1. The highest BCUT2D eigenvalue weighted by Gasteiger charge is 2.29. The van der Waals surface area contributed by atoms with Crippen molar-refractivity contribution >= 4 is 27.3 Å². The van der Waals surface area contributed by atoms with Gasteiger partial charge in [0.1, 0.15) is 11.4 Å². The summed E-state index contributed by atoms with van der Waals surface area (Å²) in [4.78, 5) is 8.70. The average molecular weight is 444 g/mol. The van der Waals surface area contributed by atoms with Crippen molar-refractivity contribution in [1.29, 1.82) is 0 Å². The molecule has 6 nitrogen and oxygen atoms in total. The van der Waals surface area contributed by atoms with Gasteiger partial charge in [-0.3, -0.25) is 9.71 Å². The number of pyridine rings is 2. The Kier molecular flexibility index (Phi) is 5.42. The first-order valence-electron chi connectivity index (χ1n) is 9.58. The molecule has 0 atom stereocenters. The number of aryl methyl sites for hydroxylation is 2. The van der Waals surface area contributed by atoms with Crippen LogP contribution >= 0.6 is 11.6 Å². The average Bonchev–Trinajstić information content (AvgIpc) is 3.49. The van der Waals surface area contributed by atoms with Gasteiger partial charge in [0.2, 0.25) is 15.9 Å². The number of halogens is 1. The van der Waals surface area contributed by atoms with Crippen LogP contribution in [0.5, 0.6) is 11.6 Å². The Hall–Kier alpha value is -2.64. The number of hydrogen-bond acceptors (Lipinski definition) is 5. The second kappa shape index (κ2) is 7.89. The van der Waals surface area contributed by atoms with Crippen LogP contribution in [0.2, 0.25) is 5.02 Å². The Morgan fingerprint density at radius 3 is 2.57 bits per heavy atom. The van der Waals surface area contributed by atoms with Gasteiger partial charge in [-0.1, -0.05) is 29.3 Å². The molecule has 8 heteroatoms. The molecule has 1 N–H and O–H groups in total. The quantitative estimate of drug-likeness (QED) is 0.547. The van der Waals surface area contributed by atoms with Gasteiger partial charge in [0, 0.05) is 18.0 Å². The smallest absolute Gasteiger partial charge is 0.244 e. The maximum Gasteiger partial charge on any atom is 0.244 e. The zero-order valence-electron chi connectivity index (χ0n) is 16.9. The number of benzene rings is 1. The Bertz CT molecular complexity index is 1220. The molecule has 4 rings (SSSR count). The van der Waals surface area contributed by atoms with Crippen molar-refractivity contribution in [3.8, 4) is 22.9 Å². The van der Waals surface area contributed by atoms with Crippen LogP contribution in [0.25, 0.3) is 11.3 Å². The van der Waals surface area contributed by atoms with Gasteiger partial charge < -0.3 is 4.74 Å². The maximum atomic E-state index is 11.9. The highest BCUT2D eigenvalue weighted by atomic mass is 35.5. The molecule has 0 saturated heterocycles. The van der Waals surface area contributed by atoms with Crippen LogP contribution in [0, 0.1) is 13.8 Å². The topological polar surface area (TPSA) is 81.2 Å². The summed E-state index contributed by atoms with van der Waals surface area (Å²) in [6.45, 7) is 4.05. The Balaban J connectivity index is 1.82. The maximum absolute atomic E-state index is 11.9. The molecule has 1 aliphatic rings. The normalized spacial score (nSPS) is 13.9. The fraction of sp³-hybridized carbons (Fsp3) is 0.273. The standard InChI is InChI=1S/C22H22ClN3O3S/c1-13-8-14(2)21(18(9-13)15-4-5-15)29-22-20(26-30(3,27)28)7-6-19(25-22)16-10-17(23)12-24-11-16/h6-12,15,26H,4-5H2,1-3H3. The summed E-state index contributed by atoms with van der Waals surface area (Å²) in [6.07, 6.45) is 6.52. The van der Waals surface area contributed by atoms with Crippen molar-refractivity contribution in [2.45, 2.75) is 32.6 Å². The van der Waals surface area contributed by atoms with Gasteiger partial charge in [0.05, 0.1) is 17.0 Å². The number of aromatic nitrogens is 2. The minimum atomic E-state index is -3.51. The van der Waals surface area contributed by atoms with E-state index in [1.807, 2.05) is 6.92 Å². The van der Waals surface area contributed by atoms with Gasteiger partial charge in [0.25, 0.3) is 0 Å². The summed E-state index contributed by atoms with van der Waals surface area (Å²) < 4.78 is 32.5. The largest absolute Gasteiger partial charge is 0.436 e. The molecular weight excluding hydrogens is 422 g/mol. The predicted octanol–water partition coefficient (Wildman–Crippen LogP) is 5.46. The lowest BCUT2D eigenvalue weighted by Gasteiger charge is -2.17. The second-order valence-electron chi connectivity index (χ2n) is 7.69. The first-order valence-corrected chi connectivity index (χ1v) is 11.9. The van der Waals surface area contributed by atoms with E-state index >= 15 is 0 Å². The third kappa shape index (κ3) is 4.74. The van der Waals surface area contributed by atoms with Gasteiger partial charge >= 0.3 is 0 Å². The van der Waals surface area contributed by atoms with Gasteiger partial charge in [-0.25, -0.2) is 13.4 Å². The zero-order valence-corrected chi connectivity index (χ0v) is 18.5. The number of ether oxygens (including phenoxy) is 1. The van der Waals surface area contributed by atoms with Crippen LogP contribution in [-0.4, -0.2) is 24.6 Å². The molecule has 0 spiro atoms. The van der Waals surface area contributed by atoms with Crippen LogP contribution in [0.3, 0.4) is 0 Å². The minimum Gasteiger partial charge on any atom is -0.436 e. The molecule has 0 amide bonds. The van der Waals surface area contributed by atoms with E-state index in [2.05, 4.69) is 33.7 Å². The van der Waals surface area contributed by atoms with Crippen molar-refractivity contribution < 1.29 is 13.2 Å². The number of nitrogens with zero attached hydrogens (tertiary/aromatic N) is 2. The van der Waals surface area contributed by atoms with Crippen molar-refractivity contribution in [3.63, 3.8) is 0 Å². The molecule has 0 unspecified atom stereocenters. The van der Waals surface area contributed by atoms with Crippen LogP contribution < -0.4 is 9.46 Å². The molecule has 1 aliphatic carbocycles. The fourth-order valence-corrected chi connectivity index (χ4v) is 4.16. The van der Waals surface area contributed by atoms with Crippen LogP contribution in [0.1, 0.15) is 35.4 Å². The lowest BCUT2D eigenvalue weighted by atomic mass is 10.0. The molecule has 156 valence electrons. The molecule has 2 aromatic heterocycles. The minimum absolute atomic E-state index is 0.187. The van der Waals surface area contributed by atoms with E-state index in [9.17, 15) is 8.42 Å². The Morgan fingerprint density at radius 2 is 1.90 bits per heavy atom. The van der Waals surface area contributed by atoms with Gasteiger partial charge in [-0.15, -0.1) is 0 Å². The summed E-state index contributed by atoms with van der Waals surface area (Å²) in [5.74, 6) is 1.38. The monoisotopic (exact) mass is 443 g/mol. The summed E-state index contributed by atoms with van der Waals surface area (Å²) in [5.41, 5.74) is 4.85. The van der Waals surface area contributed by atoms with Gasteiger partial charge in [0.15, 0.2) is 0 Å². The zero-order chi connectivity index (χ0) is 21.5. The SMILES string of the molecule is Cc1cc(C)c(Oc2nc(-c3cncc(Cl)c3)ccc2NS(C)(=O)=O)c(C2CC2)c1. The number of sulfonamides is 1. The molecule has 1 fully saturated rings. The fourth-order valence-electron chi connectivity index (χ4n) is 3.43. The second-order valence-corrected chi connectivity index (χ2v) is 9.88. The first-order chi connectivity index (χ1) is 14.2. The molecule has 30 heavy (non-hydrogen) atoms. The number of rotatable bonds is 6. The van der Waals surface area contributed by atoms with E-state index in [4.69, 9.17) is 16.3 Å². The van der Waals surface area contributed by atoms with Crippen LogP contribution in [-0.2, 0) is 10.0 Å². The van der Waals surface area contributed by atoms with Crippen molar-refractivity contribution in [2.75, 3.05) is 11.0 Å². The van der Waals surface area contributed by atoms with E-state index in [1.165, 1.54) is 5.56 Å². The van der Waals surface area contributed by atoms with E-state index in [0.717, 1.165) is 36.0 Å². The number of nitrogens with one attached hydrogen (secondary N) is 1. The van der Waals surface area contributed by atoms with E-state index in [0.29, 0.717) is 22.2 Å². The lowest BCUT2D eigenvalue weighted by Crippen LogP contribution is -2.11. The molecular formula is C22H22ClN3O3S. The molecule has 1 saturated carbocycles. The summed E-state index contributed by atoms with van der Waals surface area (Å²) in [7, 11) is -3.51. The highest BCUT2D eigenvalue weighted by Crippen LogP contribution is 2.47. The van der Waals surface area contributed by atoms with E-state index < -0.39 is 10.0 Å². The molecule has 3 aromatic rings.